The number of nitrogens with zero attached hydrogens (tertiary/aromatic N) is 3. The van der Waals surface area contributed by atoms with Gasteiger partial charge >= 0.3 is 0 Å². The van der Waals surface area contributed by atoms with E-state index in [4.69, 9.17) is 16.6 Å². The van der Waals surface area contributed by atoms with Crippen molar-refractivity contribution in [3.8, 4) is 0 Å². The number of aromatic nitrogens is 2. The van der Waals surface area contributed by atoms with Gasteiger partial charge in [-0.2, -0.15) is 4.98 Å². The predicted molar refractivity (Wildman–Crippen MR) is 103 cm³/mol. The Balaban J connectivity index is 1.28. The average molecular weight is 371 g/mol. The summed E-state index contributed by atoms with van der Waals surface area (Å²) in [6.07, 6.45) is 5.40. The number of nitrogens with one attached hydrogen (secondary N) is 3. The molecule has 136 valence electrons. The van der Waals surface area contributed by atoms with Gasteiger partial charge in [-0.15, -0.1) is 0 Å². The molecular formula is C19H23ClN6. The number of hydrogen-bond acceptors (Lipinski definition) is 6. The van der Waals surface area contributed by atoms with Crippen LogP contribution in [0.2, 0.25) is 5.02 Å². The van der Waals surface area contributed by atoms with Crippen LogP contribution >= 0.6 is 11.6 Å². The van der Waals surface area contributed by atoms with E-state index >= 15 is 0 Å². The average Bonchev–Trinajstić information content (AvgIpc) is 3.27. The summed E-state index contributed by atoms with van der Waals surface area (Å²) < 4.78 is 0. The van der Waals surface area contributed by atoms with E-state index in [1.165, 1.54) is 30.4 Å². The van der Waals surface area contributed by atoms with Crippen LogP contribution in [0.25, 0.3) is 0 Å². The third kappa shape index (κ3) is 3.13. The van der Waals surface area contributed by atoms with Crippen molar-refractivity contribution in [1.82, 2.24) is 20.8 Å². The molecule has 26 heavy (non-hydrogen) atoms. The maximum absolute atomic E-state index is 6.12. The molecular weight excluding hydrogens is 348 g/mol. The van der Waals surface area contributed by atoms with Gasteiger partial charge in [0, 0.05) is 42.9 Å². The van der Waals surface area contributed by atoms with Crippen molar-refractivity contribution in [1.29, 1.82) is 0 Å². The van der Waals surface area contributed by atoms with Crippen LogP contribution in [-0.4, -0.2) is 28.6 Å². The topological polar surface area (TPSA) is 65.1 Å². The van der Waals surface area contributed by atoms with E-state index in [-0.39, 0.29) is 0 Å². The van der Waals surface area contributed by atoms with Gasteiger partial charge < -0.3 is 10.2 Å². The molecule has 3 heterocycles. The van der Waals surface area contributed by atoms with Crippen molar-refractivity contribution in [2.75, 3.05) is 16.8 Å². The third-order valence-electron chi connectivity index (χ3n) is 5.80. The van der Waals surface area contributed by atoms with Crippen molar-refractivity contribution in [3.05, 3.63) is 46.6 Å². The van der Waals surface area contributed by atoms with Gasteiger partial charge in [-0.3, -0.25) is 10.9 Å². The molecule has 0 radical (unpaired) electrons. The van der Waals surface area contributed by atoms with Gasteiger partial charge in [-0.1, -0.05) is 17.7 Å². The minimum Gasteiger partial charge on any atom is -0.367 e. The fourth-order valence-electron chi connectivity index (χ4n) is 4.43. The molecule has 2 aliphatic heterocycles. The Kier molecular flexibility index (Phi) is 4.19. The summed E-state index contributed by atoms with van der Waals surface area (Å²) in [4.78, 5) is 11.5. The Morgan fingerprint density at radius 2 is 2.08 bits per heavy atom. The van der Waals surface area contributed by atoms with E-state index in [2.05, 4.69) is 32.1 Å². The second-order valence-corrected chi connectivity index (χ2v) is 7.99. The number of hydrazine groups is 1. The van der Waals surface area contributed by atoms with Crippen LogP contribution in [0.1, 0.15) is 30.4 Å². The molecule has 2 aromatic rings. The summed E-state index contributed by atoms with van der Waals surface area (Å²) in [6, 6.07) is 9.18. The van der Waals surface area contributed by atoms with Gasteiger partial charge in [-0.05, 0) is 54.5 Å². The molecule has 3 aliphatic rings. The molecule has 3 unspecified atom stereocenters. The van der Waals surface area contributed by atoms with Crippen LogP contribution in [0.15, 0.2) is 30.5 Å². The normalized spacial score (nSPS) is 27.3. The van der Waals surface area contributed by atoms with Crippen LogP contribution in [0, 0.1) is 5.92 Å². The minimum absolute atomic E-state index is 0.482. The van der Waals surface area contributed by atoms with Crippen molar-refractivity contribution < 1.29 is 0 Å². The van der Waals surface area contributed by atoms with E-state index in [0.717, 1.165) is 36.4 Å². The molecule has 3 N–H and O–H groups in total. The summed E-state index contributed by atoms with van der Waals surface area (Å²) in [5.41, 5.74) is 9.24. The van der Waals surface area contributed by atoms with Gasteiger partial charge in [0.05, 0.1) is 0 Å². The maximum atomic E-state index is 6.12. The van der Waals surface area contributed by atoms with Crippen LogP contribution in [-0.2, 0) is 13.1 Å². The predicted octanol–water partition coefficient (Wildman–Crippen LogP) is 2.71. The summed E-state index contributed by atoms with van der Waals surface area (Å²) >= 11 is 6.12. The van der Waals surface area contributed by atoms with E-state index < -0.39 is 0 Å². The van der Waals surface area contributed by atoms with Gasteiger partial charge in [0.25, 0.3) is 0 Å². The number of halogens is 1. The lowest BCUT2D eigenvalue weighted by atomic mass is 9.83. The highest BCUT2D eigenvalue weighted by Gasteiger charge is 2.33. The maximum Gasteiger partial charge on any atom is 0.227 e. The highest BCUT2D eigenvalue weighted by molar-refractivity contribution is 6.30. The number of fused-ring (bicyclic) bond motifs is 2. The second kappa shape index (κ2) is 6.68. The summed E-state index contributed by atoms with van der Waals surface area (Å²) in [6.45, 7) is 2.71. The lowest BCUT2D eigenvalue weighted by Gasteiger charge is -2.31. The van der Waals surface area contributed by atoms with Crippen LogP contribution in [0.5, 0.6) is 0 Å². The molecule has 0 amide bonds. The van der Waals surface area contributed by atoms with Crippen LogP contribution in [0.4, 0.5) is 11.8 Å². The van der Waals surface area contributed by atoms with Crippen molar-refractivity contribution >= 4 is 23.4 Å². The summed E-state index contributed by atoms with van der Waals surface area (Å²) in [5.74, 6) is 2.41. The molecule has 6 nitrogen and oxygen atoms in total. The zero-order valence-electron chi connectivity index (χ0n) is 14.6. The quantitative estimate of drug-likeness (QED) is 0.772. The first-order chi connectivity index (χ1) is 12.7. The zero-order chi connectivity index (χ0) is 17.5. The zero-order valence-corrected chi connectivity index (χ0v) is 15.3. The Hall–Kier alpha value is -1.89. The third-order valence-corrected chi connectivity index (χ3v) is 6.04. The lowest BCUT2D eigenvalue weighted by Crippen LogP contribution is -2.39. The highest BCUT2D eigenvalue weighted by Crippen LogP contribution is 2.30. The molecule has 0 spiro atoms. The fraction of sp³-hybridized carbons (Fsp3) is 0.474. The Labute approximate surface area is 158 Å². The molecule has 7 heteroatoms. The van der Waals surface area contributed by atoms with Gasteiger partial charge in [0.2, 0.25) is 5.95 Å². The Morgan fingerprint density at radius 1 is 1.15 bits per heavy atom. The summed E-state index contributed by atoms with van der Waals surface area (Å²) in [7, 11) is 0. The van der Waals surface area contributed by atoms with Gasteiger partial charge in [0.1, 0.15) is 5.82 Å². The molecule has 5 rings (SSSR count). The standard InChI is InChI=1S/C19H23ClN6/c20-15-2-1-12-10-26(11-14(12)7-15)19-21-6-5-18(24-19)23-16-3-4-17-13(8-16)9-22-25-17/h1-2,5-7,13,16-17,22,25H,3-4,8-11H2,(H,21,23,24). The highest BCUT2D eigenvalue weighted by atomic mass is 35.5. The van der Waals surface area contributed by atoms with E-state index in [1.807, 2.05) is 24.4 Å². The minimum atomic E-state index is 0.482. The number of anilines is 2. The molecule has 1 aliphatic carbocycles. The van der Waals surface area contributed by atoms with Gasteiger partial charge in [-0.25, -0.2) is 4.98 Å². The van der Waals surface area contributed by atoms with Crippen LogP contribution < -0.4 is 21.1 Å². The van der Waals surface area contributed by atoms with Crippen molar-refractivity contribution in [3.63, 3.8) is 0 Å². The number of hydrogen-bond donors (Lipinski definition) is 3. The summed E-state index contributed by atoms with van der Waals surface area (Å²) in [5, 5.41) is 4.42. The second-order valence-electron chi connectivity index (χ2n) is 7.56. The number of rotatable bonds is 3. The monoisotopic (exact) mass is 370 g/mol. The lowest BCUT2D eigenvalue weighted by molar-refractivity contribution is 0.314. The SMILES string of the molecule is Clc1ccc2c(c1)CN(c1nccc(NC3CCC4NNCC4C3)n1)C2. The van der Waals surface area contributed by atoms with Crippen molar-refractivity contribution in [2.45, 2.75) is 44.4 Å². The Bertz CT molecular complexity index is 812. The van der Waals surface area contributed by atoms with E-state index in [9.17, 15) is 0 Å². The Morgan fingerprint density at radius 3 is 3.04 bits per heavy atom. The molecule has 1 saturated carbocycles. The van der Waals surface area contributed by atoms with Crippen molar-refractivity contribution in [2.24, 2.45) is 5.92 Å². The molecule has 1 aromatic carbocycles. The smallest absolute Gasteiger partial charge is 0.227 e. The van der Waals surface area contributed by atoms with E-state index in [1.54, 1.807) is 0 Å². The molecule has 1 aromatic heterocycles. The first kappa shape index (κ1) is 16.3. The largest absolute Gasteiger partial charge is 0.367 e. The molecule has 3 atom stereocenters. The fourth-order valence-corrected chi connectivity index (χ4v) is 4.62. The number of benzene rings is 1. The first-order valence-corrected chi connectivity index (χ1v) is 9.72. The molecule has 2 fully saturated rings. The molecule has 1 saturated heterocycles. The van der Waals surface area contributed by atoms with Gasteiger partial charge in [0.15, 0.2) is 0 Å². The van der Waals surface area contributed by atoms with Crippen LogP contribution in [0.3, 0.4) is 0 Å². The molecule has 0 bridgehead atoms. The van der Waals surface area contributed by atoms with E-state index in [0.29, 0.717) is 18.0 Å². The first-order valence-electron chi connectivity index (χ1n) is 9.35.